The van der Waals surface area contributed by atoms with Crippen LogP contribution in [0.5, 0.6) is 0 Å². The van der Waals surface area contributed by atoms with Crippen LogP contribution in [0.25, 0.3) is 0 Å². The summed E-state index contributed by atoms with van der Waals surface area (Å²) in [4.78, 5) is 23.7. The summed E-state index contributed by atoms with van der Waals surface area (Å²) in [5.74, 6) is -0.388. The molecular formula is C6H6N2O3. The second-order valence-electron chi connectivity index (χ2n) is 2.16. The normalized spacial score (nSPS) is 15.7. The van der Waals surface area contributed by atoms with Crippen molar-refractivity contribution < 1.29 is 9.72 Å². The molecule has 0 saturated heterocycles. The molecule has 0 fully saturated rings. The maximum absolute atomic E-state index is 10.6. The Labute approximate surface area is 62.6 Å². The van der Waals surface area contributed by atoms with Gasteiger partial charge in [0.15, 0.2) is 12.3 Å². The Hall–Kier alpha value is -1.52. The molecule has 0 aliphatic carbocycles. The summed E-state index contributed by atoms with van der Waals surface area (Å²) in [6, 6.07) is 0. The molecule has 0 aromatic heterocycles. The van der Waals surface area contributed by atoms with Crippen LogP contribution in [0, 0.1) is 10.1 Å². The van der Waals surface area contributed by atoms with E-state index >= 15 is 0 Å². The number of aliphatic imine (C=N–C) groups is 1. The molecule has 11 heavy (non-hydrogen) atoms. The Balaban J connectivity index is 2.79. The zero-order valence-corrected chi connectivity index (χ0v) is 5.90. The van der Waals surface area contributed by atoms with E-state index in [4.69, 9.17) is 0 Å². The van der Waals surface area contributed by atoms with Gasteiger partial charge in [-0.15, -0.1) is 0 Å². The quantitative estimate of drug-likeness (QED) is 0.399. The fraction of sp³-hybridized carbons (Fsp3) is 0.333. The second kappa shape index (κ2) is 2.61. The highest BCUT2D eigenvalue weighted by atomic mass is 16.6. The number of hydrogen-bond acceptors (Lipinski definition) is 4. The molecule has 5 nitrogen and oxygen atoms in total. The van der Waals surface area contributed by atoms with Gasteiger partial charge in [0.2, 0.25) is 0 Å². The predicted octanol–water partition coefficient (Wildman–Crippen LogP) is 0.191. The van der Waals surface area contributed by atoms with Crippen LogP contribution in [0.3, 0.4) is 0 Å². The van der Waals surface area contributed by atoms with Crippen molar-refractivity contribution >= 4 is 11.6 Å². The van der Waals surface area contributed by atoms with Crippen molar-refractivity contribution in [2.24, 2.45) is 4.99 Å². The van der Waals surface area contributed by atoms with Gasteiger partial charge < -0.3 is 10.1 Å². The monoisotopic (exact) mass is 154 g/mol. The van der Waals surface area contributed by atoms with Crippen LogP contribution in [0.4, 0.5) is 0 Å². The summed E-state index contributed by atoms with van der Waals surface area (Å²) in [6.07, 6.45) is 1.21. The van der Waals surface area contributed by atoms with E-state index in [-0.39, 0.29) is 18.2 Å². The SMILES string of the molecule is CC(=O)C1=CC([N+](=O)[O-])=NC1. The Morgan fingerprint density at radius 1 is 1.82 bits per heavy atom. The maximum Gasteiger partial charge on any atom is 0.359 e. The second-order valence-corrected chi connectivity index (χ2v) is 2.16. The molecule has 0 atom stereocenters. The lowest BCUT2D eigenvalue weighted by Crippen LogP contribution is -2.05. The van der Waals surface area contributed by atoms with Crippen LogP contribution < -0.4 is 0 Å². The van der Waals surface area contributed by atoms with Gasteiger partial charge in [-0.3, -0.25) is 4.79 Å². The van der Waals surface area contributed by atoms with E-state index in [2.05, 4.69) is 4.99 Å². The molecule has 1 aliphatic heterocycles. The average molecular weight is 154 g/mol. The van der Waals surface area contributed by atoms with Gasteiger partial charge in [0, 0.05) is 11.6 Å². The zero-order chi connectivity index (χ0) is 8.43. The van der Waals surface area contributed by atoms with E-state index in [1.54, 1.807) is 0 Å². The van der Waals surface area contributed by atoms with Crippen molar-refractivity contribution in [3.63, 3.8) is 0 Å². The minimum absolute atomic E-state index is 0.144. The highest BCUT2D eigenvalue weighted by molar-refractivity contribution is 6.03. The summed E-state index contributed by atoms with van der Waals surface area (Å²) in [5, 5.41) is 10.1. The molecule has 0 spiro atoms. The molecule has 1 rings (SSSR count). The summed E-state index contributed by atoms with van der Waals surface area (Å²) in [5.41, 5.74) is 0.400. The molecule has 0 N–H and O–H groups in total. The van der Waals surface area contributed by atoms with Gasteiger partial charge in [-0.05, 0) is 11.8 Å². The first-order chi connectivity index (χ1) is 5.11. The highest BCUT2D eigenvalue weighted by Crippen LogP contribution is 2.06. The van der Waals surface area contributed by atoms with Gasteiger partial charge in [-0.2, -0.15) is 0 Å². The fourth-order valence-electron chi connectivity index (χ4n) is 0.737. The average Bonchev–Trinajstić information content (AvgIpc) is 2.33. The number of carbonyl (C=O) groups is 1. The number of carbonyl (C=O) groups excluding carboxylic acids is 1. The van der Waals surface area contributed by atoms with Gasteiger partial charge in [0.25, 0.3) is 0 Å². The van der Waals surface area contributed by atoms with Crippen LogP contribution in [0.15, 0.2) is 16.6 Å². The lowest BCUT2D eigenvalue weighted by molar-refractivity contribution is -0.348. The third-order valence-corrected chi connectivity index (χ3v) is 1.35. The molecule has 58 valence electrons. The summed E-state index contributed by atoms with van der Waals surface area (Å²) in [6.45, 7) is 1.51. The first-order valence-electron chi connectivity index (χ1n) is 3.01. The molecule has 1 heterocycles. The third kappa shape index (κ3) is 1.49. The summed E-state index contributed by atoms with van der Waals surface area (Å²) in [7, 11) is 0. The molecule has 0 unspecified atom stereocenters. The third-order valence-electron chi connectivity index (χ3n) is 1.35. The van der Waals surface area contributed by atoms with E-state index < -0.39 is 4.92 Å². The van der Waals surface area contributed by atoms with Gasteiger partial charge in [0.1, 0.15) is 0 Å². The molecule has 0 saturated carbocycles. The summed E-state index contributed by atoms with van der Waals surface area (Å²) >= 11 is 0. The van der Waals surface area contributed by atoms with Crippen molar-refractivity contribution in [2.45, 2.75) is 6.92 Å². The lowest BCUT2D eigenvalue weighted by atomic mass is 10.2. The van der Waals surface area contributed by atoms with E-state index in [1.807, 2.05) is 0 Å². The Kier molecular flexibility index (Phi) is 1.80. The number of rotatable bonds is 1. The van der Waals surface area contributed by atoms with E-state index in [1.165, 1.54) is 13.0 Å². The van der Waals surface area contributed by atoms with Crippen LogP contribution in [-0.4, -0.2) is 23.1 Å². The Bertz CT molecular complexity index is 278. The minimum Gasteiger partial charge on any atom is -0.358 e. The minimum atomic E-state index is -0.601. The van der Waals surface area contributed by atoms with Crippen LogP contribution in [0.1, 0.15) is 6.92 Å². The number of hydrogen-bond donors (Lipinski definition) is 0. The Morgan fingerprint density at radius 3 is 2.73 bits per heavy atom. The molecule has 5 heteroatoms. The molecule has 0 amide bonds. The largest absolute Gasteiger partial charge is 0.359 e. The molecule has 0 aromatic carbocycles. The topological polar surface area (TPSA) is 72.6 Å². The maximum atomic E-state index is 10.6. The van der Waals surface area contributed by atoms with Crippen molar-refractivity contribution in [1.82, 2.24) is 0 Å². The molecule has 0 aromatic rings. The Morgan fingerprint density at radius 2 is 2.45 bits per heavy atom. The van der Waals surface area contributed by atoms with Gasteiger partial charge in [-0.25, -0.2) is 0 Å². The van der Waals surface area contributed by atoms with Crippen molar-refractivity contribution in [2.75, 3.05) is 6.54 Å². The van der Waals surface area contributed by atoms with Crippen molar-refractivity contribution in [3.05, 3.63) is 21.8 Å². The first kappa shape index (κ1) is 7.59. The van der Waals surface area contributed by atoms with Crippen LogP contribution >= 0.6 is 0 Å². The fourth-order valence-corrected chi connectivity index (χ4v) is 0.737. The van der Waals surface area contributed by atoms with Crippen molar-refractivity contribution in [1.29, 1.82) is 0 Å². The highest BCUT2D eigenvalue weighted by Gasteiger charge is 2.20. The van der Waals surface area contributed by atoms with Crippen LogP contribution in [0.2, 0.25) is 0 Å². The zero-order valence-electron chi connectivity index (χ0n) is 5.90. The number of ketones is 1. The van der Waals surface area contributed by atoms with Gasteiger partial charge >= 0.3 is 5.84 Å². The van der Waals surface area contributed by atoms with Gasteiger partial charge in [-0.1, -0.05) is 4.99 Å². The van der Waals surface area contributed by atoms with Crippen LogP contribution in [-0.2, 0) is 4.79 Å². The number of nitrogens with zero attached hydrogens (tertiary/aromatic N) is 2. The standard InChI is InChI=1S/C6H6N2O3/c1-4(9)5-2-6(7-3-5)8(10)11/h2H,3H2,1H3. The van der Waals surface area contributed by atoms with E-state index in [0.29, 0.717) is 5.57 Å². The number of Topliss-reactive ketones (excluding diaryl/α,β-unsaturated/α-hetero) is 1. The number of amidine groups is 1. The lowest BCUT2D eigenvalue weighted by Gasteiger charge is -1.86. The van der Waals surface area contributed by atoms with Gasteiger partial charge in [0.05, 0.1) is 0 Å². The van der Waals surface area contributed by atoms with E-state index in [9.17, 15) is 14.9 Å². The molecule has 0 bridgehead atoms. The molecule has 1 aliphatic rings. The first-order valence-corrected chi connectivity index (χ1v) is 3.01. The van der Waals surface area contributed by atoms with E-state index in [0.717, 1.165) is 0 Å². The summed E-state index contributed by atoms with van der Waals surface area (Å²) < 4.78 is 0. The predicted molar refractivity (Wildman–Crippen MR) is 38.1 cm³/mol. The smallest absolute Gasteiger partial charge is 0.358 e. The molecular weight excluding hydrogens is 148 g/mol. The van der Waals surface area contributed by atoms with Crippen molar-refractivity contribution in [3.8, 4) is 0 Å². The number of nitro groups is 1. The molecule has 0 radical (unpaired) electrons.